The van der Waals surface area contributed by atoms with Gasteiger partial charge in [0.1, 0.15) is 0 Å². The highest BCUT2D eigenvalue weighted by molar-refractivity contribution is 7.12. The predicted molar refractivity (Wildman–Crippen MR) is 74.0 cm³/mol. The standard InChI is InChI=1S/C14H21NO2S/c1-3-11-6-8-18-13(11)14(17)15-7-4-5-12(9-15)10(2)16/h6,8,10,12,16H,3-5,7,9H2,1-2H3. The fraction of sp³-hybridized carbons (Fsp3) is 0.643. The second-order valence-electron chi connectivity index (χ2n) is 5.02. The SMILES string of the molecule is CCc1ccsc1C(=O)N1CCCC(C(C)O)C1. The van der Waals surface area contributed by atoms with Crippen LogP contribution in [0.5, 0.6) is 0 Å². The first-order chi connectivity index (χ1) is 8.63. The van der Waals surface area contributed by atoms with Gasteiger partial charge in [-0.15, -0.1) is 11.3 Å². The average Bonchev–Trinajstić information content (AvgIpc) is 2.86. The van der Waals surface area contributed by atoms with Gasteiger partial charge in [-0.2, -0.15) is 0 Å². The molecule has 1 fully saturated rings. The summed E-state index contributed by atoms with van der Waals surface area (Å²) in [5.41, 5.74) is 1.14. The molecule has 2 rings (SSSR count). The molecule has 1 N–H and O–H groups in total. The molecule has 1 aromatic heterocycles. The topological polar surface area (TPSA) is 40.5 Å². The van der Waals surface area contributed by atoms with E-state index < -0.39 is 0 Å². The summed E-state index contributed by atoms with van der Waals surface area (Å²) in [5.74, 6) is 0.375. The van der Waals surface area contributed by atoms with Gasteiger partial charge >= 0.3 is 0 Å². The van der Waals surface area contributed by atoms with Crippen LogP contribution in [0.3, 0.4) is 0 Å². The highest BCUT2D eigenvalue weighted by atomic mass is 32.1. The molecule has 4 heteroatoms. The summed E-state index contributed by atoms with van der Waals surface area (Å²) < 4.78 is 0. The average molecular weight is 267 g/mol. The van der Waals surface area contributed by atoms with E-state index in [4.69, 9.17) is 0 Å². The maximum absolute atomic E-state index is 12.5. The van der Waals surface area contributed by atoms with Crippen LogP contribution < -0.4 is 0 Å². The second kappa shape index (κ2) is 5.85. The molecular formula is C14H21NO2S. The van der Waals surface area contributed by atoms with Crippen molar-refractivity contribution in [3.63, 3.8) is 0 Å². The van der Waals surface area contributed by atoms with E-state index >= 15 is 0 Å². The Kier molecular flexibility index (Phi) is 4.40. The molecule has 0 aliphatic carbocycles. The molecule has 3 nitrogen and oxygen atoms in total. The predicted octanol–water partition coefficient (Wildman–Crippen LogP) is 2.54. The number of nitrogens with zero attached hydrogens (tertiary/aromatic N) is 1. The number of rotatable bonds is 3. The molecule has 18 heavy (non-hydrogen) atoms. The van der Waals surface area contributed by atoms with E-state index in [9.17, 15) is 9.90 Å². The zero-order valence-corrected chi connectivity index (χ0v) is 11.9. The van der Waals surface area contributed by atoms with Gasteiger partial charge in [-0.05, 0) is 43.2 Å². The van der Waals surface area contributed by atoms with E-state index in [-0.39, 0.29) is 17.9 Å². The molecule has 1 aromatic rings. The smallest absolute Gasteiger partial charge is 0.264 e. The third-order valence-corrected chi connectivity index (χ3v) is 4.69. The van der Waals surface area contributed by atoms with Gasteiger partial charge in [0.05, 0.1) is 11.0 Å². The molecule has 2 heterocycles. The van der Waals surface area contributed by atoms with Crippen molar-refractivity contribution >= 4 is 17.2 Å². The summed E-state index contributed by atoms with van der Waals surface area (Å²) in [4.78, 5) is 15.3. The van der Waals surface area contributed by atoms with Crippen molar-refractivity contribution in [2.75, 3.05) is 13.1 Å². The molecule has 0 radical (unpaired) electrons. The van der Waals surface area contributed by atoms with Crippen LogP contribution in [0, 0.1) is 5.92 Å². The summed E-state index contributed by atoms with van der Waals surface area (Å²) in [6.45, 7) is 5.41. The number of aliphatic hydroxyl groups is 1. The number of aryl methyl sites for hydroxylation is 1. The summed E-state index contributed by atoms with van der Waals surface area (Å²) in [5, 5.41) is 11.7. The lowest BCUT2D eigenvalue weighted by molar-refractivity contribution is 0.0469. The molecule has 0 bridgehead atoms. The number of amides is 1. The molecule has 1 amide bonds. The number of thiophene rings is 1. The van der Waals surface area contributed by atoms with Gasteiger partial charge in [-0.25, -0.2) is 0 Å². The van der Waals surface area contributed by atoms with Crippen LogP contribution in [0.1, 0.15) is 41.9 Å². The third kappa shape index (κ3) is 2.75. The van der Waals surface area contributed by atoms with Crippen molar-refractivity contribution in [2.24, 2.45) is 5.92 Å². The number of likely N-dealkylation sites (tertiary alicyclic amines) is 1. The van der Waals surface area contributed by atoms with Crippen molar-refractivity contribution in [3.05, 3.63) is 21.9 Å². The fourth-order valence-electron chi connectivity index (χ4n) is 2.53. The van der Waals surface area contributed by atoms with Crippen LogP contribution in [0.4, 0.5) is 0 Å². The van der Waals surface area contributed by atoms with Gasteiger partial charge in [0.2, 0.25) is 0 Å². The maximum Gasteiger partial charge on any atom is 0.264 e. The fourth-order valence-corrected chi connectivity index (χ4v) is 3.50. The van der Waals surface area contributed by atoms with Gasteiger partial charge in [0, 0.05) is 19.0 Å². The molecule has 0 saturated carbocycles. The van der Waals surface area contributed by atoms with Gasteiger partial charge in [-0.1, -0.05) is 6.92 Å². The molecule has 100 valence electrons. The van der Waals surface area contributed by atoms with Gasteiger partial charge in [0.15, 0.2) is 0 Å². The molecule has 2 unspecified atom stereocenters. The van der Waals surface area contributed by atoms with Crippen molar-refractivity contribution in [1.82, 2.24) is 4.90 Å². The van der Waals surface area contributed by atoms with E-state index in [1.807, 2.05) is 23.3 Å². The summed E-state index contributed by atoms with van der Waals surface area (Å²) in [6, 6.07) is 2.04. The first-order valence-electron chi connectivity index (χ1n) is 6.67. The molecule has 1 aliphatic heterocycles. The molecule has 2 atom stereocenters. The molecule has 1 aliphatic rings. The van der Waals surface area contributed by atoms with E-state index in [0.717, 1.165) is 36.2 Å². The Morgan fingerprint density at radius 2 is 2.44 bits per heavy atom. The molecule has 0 aromatic carbocycles. The quantitative estimate of drug-likeness (QED) is 0.914. The monoisotopic (exact) mass is 267 g/mol. The molecule has 1 saturated heterocycles. The minimum absolute atomic E-state index is 0.146. The minimum Gasteiger partial charge on any atom is -0.393 e. The third-order valence-electron chi connectivity index (χ3n) is 3.75. The number of carbonyl (C=O) groups excluding carboxylic acids is 1. The molecular weight excluding hydrogens is 246 g/mol. The lowest BCUT2D eigenvalue weighted by Gasteiger charge is -2.34. The van der Waals surface area contributed by atoms with Crippen molar-refractivity contribution < 1.29 is 9.90 Å². The van der Waals surface area contributed by atoms with E-state index in [2.05, 4.69) is 6.92 Å². The van der Waals surface area contributed by atoms with Gasteiger partial charge in [-0.3, -0.25) is 4.79 Å². The van der Waals surface area contributed by atoms with Crippen LogP contribution in [-0.2, 0) is 6.42 Å². The highest BCUT2D eigenvalue weighted by Crippen LogP contribution is 2.24. The number of piperidine rings is 1. The Bertz CT molecular complexity index is 414. The summed E-state index contributed by atoms with van der Waals surface area (Å²) in [7, 11) is 0. The van der Waals surface area contributed by atoms with E-state index in [1.54, 1.807) is 0 Å². The van der Waals surface area contributed by atoms with Crippen molar-refractivity contribution in [1.29, 1.82) is 0 Å². The van der Waals surface area contributed by atoms with Crippen molar-refractivity contribution in [3.8, 4) is 0 Å². The summed E-state index contributed by atoms with van der Waals surface area (Å²) >= 11 is 1.53. The maximum atomic E-state index is 12.5. The highest BCUT2D eigenvalue weighted by Gasteiger charge is 2.28. The Labute approximate surface area is 112 Å². The first kappa shape index (κ1) is 13.6. The Morgan fingerprint density at radius 3 is 3.11 bits per heavy atom. The van der Waals surface area contributed by atoms with Gasteiger partial charge in [0.25, 0.3) is 5.91 Å². The number of hydrogen-bond donors (Lipinski definition) is 1. The van der Waals surface area contributed by atoms with Crippen LogP contribution in [0.2, 0.25) is 0 Å². The van der Waals surface area contributed by atoms with Crippen LogP contribution in [0.25, 0.3) is 0 Å². The Morgan fingerprint density at radius 1 is 1.67 bits per heavy atom. The normalized spacial score (nSPS) is 21.9. The van der Waals surface area contributed by atoms with E-state index in [0.29, 0.717) is 6.54 Å². The minimum atomic E-state index is -0.324. The van der Waals surface area contributed by atoms with Crippen LogP contribution >= 0.6 is 11.3 Å². The number of aliphatic hydroxyl groups excluding tert-OH is 1. The zero-order chi connectivity index (χ0) is 13.1. The first-order valence-corrected chi connectivity index (χ1v) is 7.55. The Hall–Kier alpha value is -0.870. The number of hydrogen-bond acceptors (Lipinski definition) is 3. The lowest BCUT2D eigenvalue weighted by Crippen LogP contribution is -2.42. The Balaban J connectivity index is 2.09. The second-order valence-corrected chi connectivity index (χ2v) is 5.94. The number of carbonyl (C=O) groups is 1. The largest absolute Gasteiger partial charge is 0.393 e. The van der Waals surface area contributed by atoms with Crippen LogP contribution in [0.15, 0.2) is 11.4 Å². The van der Waals surface area contributed by atoms with E-state index in [1.165, 1.54) is 11.3 Å². The lowest BCUT2D eigenvalue weighted by atomic mass is 9.93. The molecule has 0 spiro atoms. The van der Waals surface area contributed by atoms with Crippen LogP contribution in [-0.4, -0.2) is 35.1 Å². The van der Waals surface area contributed by atoms with Gasteiger partial charge < -0.3 is 10.0 Å². The van der Waals surface area contributed by atoms with Crippen molar-refractivity contribution in [2.45, 2.75) is 39.2 Å². The summed E-state index contributed by atoms with van der Waals surface area (Å²) in [6.07, 6.45) is 2.59. The zero-order valence-electron chi connectivity index (χ0n) is 11.1.